The number of H-pyrrole nitrogens is 1. The summed E-state index contributed by atoms with van der Waals surface area (Å²) in [7, 11) is 3.74. The number of carbonyl (C=O) groups is 1. The average Bonchev–Trinajstić information content (AvgIpc) is 3.38. The monoisotopic (exact) mass is 492 g/mol. The van der Waals surface area contributed by atoms with Gasteiger partial charge < -0.3 is 39.8 Å². The summed E-state index contributed by atoms with van der Waals surface area (Å²) in [5.74, 6) is 1.63. The largest absolute Gasteiger partial charge is 0.494 e. The van der Waals surface area contributed by atoms with Gasteiger partial charge >= 0.3 is 0 Å². The number of nitrogens with one attached hydrogen (secondary N) is 3. The zero-order valence-corrected chi connectivity index (χ0v) is 20.7. The summed E-state index contributed by atoms with van der Waals surface area (Å²) >= 11 is 0. The molecule has 2 saturated heterocycles. The lowest BCUT2D eigenvalue weighted by Crippen LogP contribution is -2.44. The third kappa shape index (κ3) is 4.93. The molecule has 11 heteroatoms. The van der Waals surface area contributed by atoms with Gasteiger partial charge in [-0.3, -0.25) is 4.79 Å². The number of anilines is 5. The Morgan fingerprint density at radius 2 is 1.89 bits per heavy atom. The van der Waals surface area contributed by atoms with Crippen molar-refractivity contribution < 1.29 is 14.3 Å². The molecule has 2 fully saturated rings. The number of fused-ring (bicyclic) bond motifs is 1. The molecule has 0 saturated carbocycles. The highest BCUT2D eigenvalue weighted by Gasteiger charge is 2.22. The van der Waals surface area contributed by atoms with Crippen LogP contribution in [-0.4, -0.2) is 92.4 Å². The molecule has 0 aliphatic carbocycles. The van der Waals surface area contributed by atoms with Crippen LogP contribution in [0.15, 0.2) is 37.1 Å². The highest BCUT2D eigenvalue weighted by Crippen LogP contribution is 2.39. The molecule has 0 bridgehead atoms. The molecule has 3 aromatic rings. The van der Waals surface area contributed by atoms with Gasteiger partial charge in [-0.1, -0.05) is 6.58 Å². The van der Waals surface area contributed by atoms with Crippen LogP contribution in [0.4, 0.5) is 28.8 Å². The molecule has 36 heavy (non-hydrogen) atoms. The number of amides is 1. The lowest BCUT2D eigenvalue weighted by Gasteiger charge is -2.35. The molecule has 0 atom stereocenters. The van der Waals surface area contributed by atoms with Crippen LogP contribution in [0.5, 0.6) is 5.75 Å². The van der Waals surface area contributed by atoms with Gasteiger partial charge in [0.25, 0.3) is 0 Å². The van der Waals surface area contributed by atoms with Gasteiger partial charge in [-0.25, -0.2) is 0 Å². The summed E-state index contributed by atoms with van der Waals surface area (Å²) < 4.78 is 11.3. The van der Waals surface area contributed by atoms with Crippen LogP contribution >= 0.6 is 0 Å². The summed E-state index contributed by atoms with van der Waals surface area (Å²) in [6.45, 7) is 10.0. The maximum absolute atomic E-state index is 12.3. The molecule has 1 aromatic carbocycles. The van der Waals surface area contributed by atoms with E-state index in [1.807, 2.05) is 24.4 Å². The standard InChI is InChI=1S/C25H32N8O3/c1-4-22(34)27-18-15-19(21(35-3)16-20(18)32-9-7-31(2)8-10-32)28-25-29-23-17(5-6-26-23)24(30-25)33-11-13-36-14-12-33/h4-6,15-16H,1,7-14H2,2-3H3,(H,27,34)(H2,26,28,29,30). The number of hydrogen-bond donors (Lipinski definition) is 3. The van der Waals surface area contributed by atoms with Gasteiger partial charge in [-0.2, -0.15) is 9.97 Å². The van der Waals surface area contributed by atoms with Gasteiger partial charge in [0.15, 0.2) is 0 Å². The van der Waals surface area contributed by atoms with Crippen molar-refractivity contribution in [2.24, 2.45) is 0 Å². The van der Waals surface area contributed by atoms with Crippen molar-refractivity contribution in [2.45, 2.75) is 0 Å². The Kier molecular flexibility index (Phi) is 6.92. The number of benzene rings is 1. The summed E-state index contributed by atoms with van der Waals surface area (Å²) in [6, 6.07) is 5.80. The first-order valence-electron chi connectivity index (χ1n) is 12.1. The van der Waals surface area contributed by atoms with E-state index in [4.69, 9.17) is 14.5 Å². The summed E-state index contributed by atoms with van der Waals surface area (Å²) in [5, 5.41) is 7.24. The van der Waals surface area contributed by atoms with Crippen LogP contribution in [0.3, 0.4) is 0 Å². The van der Waals surface area contributed by atoms with Crippen LogP contribution in [0.25, 0.3) is 11.0 Å². The van der Waals surface area contributed by atoms with Gasteiger partial charge in [0.05, 0.1) is 42.8 Å². The number of piperazine rings is 1. The predicted octanol–water partition coefficient (Wildman–Crippen LogP) is 2.42. The van der Waals surface area contributed by atoms with Crippen molar-refractivity contribution in [1.29, 1.82) is 0 Å². The molecule has 2 aliphatic rings. The van der Waals surface area contributed by atoms with Gasteiger partial charge in [-0.15, -0.1) is 0 Å². The number of morpholine rings is 1. The molecule has 0 radical (unpaired) electrons. The Morgan fingerprint density at radius 1 is 1.11 bits per heavy atom. The summed E-state index contributed by atoms with van der Waals surface area (Å²) in [5.41, 5.74) is 2.95. The normalized spacial score (nSPS) is 16.7. The van der Waals surface area contributed by atoms with E-state index in [-0.39, 0.29) is 5.91 Å². The fourth-order valence-electron chi connectivity index (χ4n) is 4.55. The van der Waals surface area contributed by atoms with Crippen LogP contribution in [-0.2, 0) is 9.53 Å². The van der Waals surface area contributed by atoms with Gasteiger partial charge in [0, 0.05) is 51.5 Å². The molecule has 1 amide bonds. The molecule has 11 nitrogen and oxygen atoms in total. The van der Waals surface area contributed by atoms with E-state index < -0.39 is 0 Å². The fourth-order valence-corrected chi connectivity index (χ4v) is 4.55. The second kappa shape index (κ2) is 10.4. The zero-order valence-electron chi connectivity index (χ0n) is 20.7. The van der Waals surface area contributed by atoms with Crippen molar-refractivity contribution in [1.82, 2.24) is 19.9 Å². The Labute approximate surface area is 210 Å². The lowest BCUT2D eigenvalue weighted by molar-refractivity contribution is -0.111. The second-order valence-corrected chi connectivity index (χ2v) is 8.89. The first kappa shape index (κ1) is 23.9. The number of aromatic amines is 1. The first-order valence-corrected chi connectivity index (χ1v) is 12.1. The number of methoxy groups -OCH3 is 1. The van der Waals surface area contributed by atoms with E-state index in [0.29, 0.717) is 36.3 Å². The minimum absolute atomic E-state index is 0.278. The molecular formula is C25H32N8O3. The first-order chi connectivity index (χ1) is 17.6. The number of carbonyl (C=O) groups excluding carboxylic acids is 1. The van der Waals surface area contributed by atoms with Crippen molar-refractivity contribution in [2.75, 3.05) is 87.1 Å². The average molecular weight is 493 g/mol. The Bertz CT molecular complexity index is 1250. The Morgan fingerprint density at radius 3 is 2.61 bits per heavy atom. The van der Waals surface area contributed by atoms with E-state index >= 15 is 0 Å². The maximum atomic E-state index is 12.3. The minimum atomic E-state index is -0.278. The smallest absolute Gasteiger partial charge is 0.247 e. The maximum Gasteiger partial charge on any atom is 0.247 e. The van der Waals surface area contributed by atoms with Crippen molar-refractivity contribution in [3.8, 4) is 5.75 Å². The molecule has 0 unspecified atom stereocenters. The highest BCUT2D eigenvalue weighted by atomic mass is 16.5. The second-order valence-electron chi connectivity index (χ2n) is 8.89. The third-order valence-electron chi connectivity index (χ3n) is 6.56. The molecule has 2 aromatic heterocycles. The van der Waals surface area contributed by atoms with Crippen molar-refractivity contribution in [3.63, 3.8) is 0 Å². The zero-order chi connectivity index (χ0) is 25.1. The highest BCUT2D eigenvalue weighted by molar-refractivity contribution is 6.02. The third-order valence-corrected chi connectivity index (χ3v) is 6.56. The topological polar surface area (TPSA) is 111 Å². The molecule has 0 spiro atoms. The SMILES string of the molecule is C=CC(=O)Nc1cc(Nc2nc(N3CCOCC3)c3cc[nH]c3n2)c(OC)cc1N1CCN(C)CC1. The molecule has 190 valence electrons. The van der Waals surface area contributed by atoms with E-state index in [0.717, 1.165) is 61.8 Å². The molecular weight excluding hydrogens is 460 g/mol. The van der Waals surface area contributed by atoms with Crippen LogP contribution in [0, 0.1) is 0 Å². The summed E-state index contributed by atoms with van der Waals surface area (Å²) in [6.07, 6.45) is 3.13. The van der Waals surface area contributed by atoms with Gasteiger partial charge in [0.1, 0.15) is 17.2 Å². The molecule has 5 rings (SSSR count). The number of nitrogens with zero attached hydrogens (tertiary/aromatic N) is 5. The van der Waals surface area contributed by atoms with Gasteiger partial charge in [-0.05, 0) is 25.3 Å². The van der Waals surface area contributed by atoms with Crippen LogP contribution < -0.4 is 25.2 Å². The molecule has 2 aliphatic heterocycles. The fraction of sp³-hybridized carbons (Fsp3) is 0.400. The van der Waals surface area contributed by atoms with Crippen molar-refractivity contribution in [3.05, 3.63) is 37.1 Å². The van der Waals surface area contributed by atoms with Crippen molar-refractivity contribution >= 4 is 45.8 Å². The van der Waals surface area contributed by atoms with Crippen LogP contribution in [0.1, 0.15) is 0 Å². The van der Waals surface area contributed by atoms with Crippen LogP contribution in [0.2, 0.25) is 0 Å². The number of likely N-dealkylation sites (N-methyl/N-ethyl adjacent to an activating group) is 1. The number of aromatic nitrogens is 3. The number of ether oxygens (including phenoxy) is 2. The number of rotatable bonds is 7. The predicted molar refractivity (Wildman–Crippen MR) is 142 cm³/mol. The Balaban J connectivity index is 1.52. The van der Waals surface area contributed by atoms with E-state index in [1.54, 1.807) is 7.11 Å². The summed E-state index contributed by atoms with van der Waals surface area (Å²) in [4.78, 5) is 31.7. The van der Waals surface area contributed by atoms with E-state index in [1.165, 1.54) is 6.08 Å². The quantitative estimate of drug-likeness (QED) is 0.428. The minimum Gasteiger partial charge on any atom is -0.494 e. The lowest BCUT2D eigenvalue weighted by atomic mass is 10.1. The van der Waals surface area contributed by atoms with Gasteiger partial charge in [0.2, 0.25) is 11.9 Å². The molecule has 4 heterocycles. The Hall–Kier alpha value is -3.83. The number of hydrogen-bond acceptors (Lipinski definition) is 9. The van der Waals surface area contributed by atoms with E-state index in [2.05, 4.69) is 48.9 Å². The van der Waals surface area contributed by atoms with E-state index in [9.17, 15) is 4.79 Å². The molecule has 3 N–H and O–H groups in total.